The van der Waals surface area contributed by atoms with Gasteiger partial charge in [-0.2, -0.15) is 0 Å². The second kappa shape index (κ2) is 6.14. The van der Waals surface area contributed by atoms with E-state index in [9.17, 15) is 4.79 Å². The van der Waals surface area contributed by atoms with Crippen LogP contribution in [0.5, 0.6) is 0 Å². The van der Waals surface area contributed by atoms with Gasteiger partial charge in [0.15, 0.2) is 5.78 Å². The molecule has 1 N–H and O–H groups in total. The lowest BCUT2D eigenvalue weighted by atomic mass is 10.1. The Morgan fingerprint density at radius 1 is 1.33 bits per heavy atom. The van der Waals surface area contributed by atoms with Crippen LogP contribution < -0.4 is 0 Å². The van der Waals surface area contributed by atoms with Crippen LogP contribution in [0, 0.1) is 0 Å². The summed E-state index contributed by atoms with van der Waals surface area (Å²) in [6.07, 6.45) is 5.70. The van der Waals surface area contributed by atoms with Gasteiger partial charge in [0.1, 0.15) is 0 Å². The molecule has 0 spiro atoms. The first-order chi connectivity index (χ1) is 7.24. The molecular formula is C13H16O2. The van der Waals surface area contributed by atoms with Crippen LogP contribution in [0.4, 0.5) is 0 Å². The first-order valence-electron chi connectivity index (χ1n) is 5.12. The molecule has 1 aromatic carbocycles. The molecule has 0 amide bonds. The standard InChI is InChI=1S/C13H16O2/c1-11(15)13-8-6-12(7-9-13)5-3-2-4-10-14/h3,5-9,14H,2,4,10H2,1H3/b5-3+. The molecule has 2 nitrogen and oxygen atoms in total. The van der Waals surface area contributed by atoms with Crippen molar-refractivity contribution in [3.05, 3.63) is 41.5 Å². The molecule has 0 heterocycles. The molecule has 0 saturated carbocycles. The minimum atomic E-state index is 0.0887. The van der Waals surface area contributed by atoms with Gasteiger partial charge in [0.05, 0.1) is 0 Å². The minimum Gasteiger partial charge on any atom is -0.396 e. The van der Waals surface area contributed by atoms with Crippen molar-refractivity contribution in [3.8, 4) is 0 Å². The van der Waals surface area contributed by atoms with Crippen LogP contribution in [0.2, 0.25) is 0 Å². The Morgan fingerprint density at radius 3 is 2.53 bits per heavy atom. The first-order valence-corrected chi connectivity index (χ1v) is 5.12. The summed E-state index contributed by atoms with van der Waals surface area (Å²) in [5.74, 6) is 0.0887. The quantitative estimate of drug-likeness (QED) is 0.591. The summed E-state index contributed by atoms with van der Waals surface area (Å²) in [4.78, 5) is 11.0. The van der Waals surface area contributed by atoms with Crippen molar-refractivity contribution in [1.82, 2.24) is 0 Å². The molecule has 0 aliphatic carbocycles. The fraction of sp³-hybridized carbons (Fsp3) is 0.308. The second-order valence-corrected chi connectivity index (χ2v) is 3.45. The molecular weight excluding hydrogens is 188 g/mol. The molecule has 0 aliphatic rings. The number of hydrogen-bond donors (Lipinski definition) is 1. The number of hydrogen-bond acceptors (Lipinski definition) is 2. The van der Waals surface area contributed by atoms with Crippen LogP contribution >= 0.6 is 0 Å². The number of ketones is 1. The van der Waals surface area contributed by atoms with Crippen molar-refractivity contribution < 1.29 is 9.90 Å². The smallest absolute Gasteiger partial charge is 0.159 e. The summed E-state index contributed by atoms with van der Waals surface area (Å²) in [7, 11) is 0. The van der Waals surface area contributed by atoms with E-state index in [2.05, 4.69) is 0 Å². The van der Waals surface area contributed by atoms with Gasteiger partial charge in [0.25, 0.3) is 0 Å². The summed E-state index contributed by atoms with van der Waals surface area (Å²) < 4.78 is 0. The summed E-state index contributed by atoms with van der Waals surface area (Å²) in [6, 6.07) is 7.50. The molecule has 0 radical (unpaired) electrons. The average molecular weight is 204 g/mol. The van der Waals surface area contributed by atoms with Crippen molar-refractivity contribution >= 4 is 11.9 Å². The molecule has 0 fully saturated rings. The number of benzene rings is 1. The summed E-state index contributed by atoms with van der Waals surface area (Å²) in [5.41, 5.74) is 1.82. The monoisotopic (exact) mass is 204 g/mol. The molecule has 2 heteroatoms. The lowest BCUT2D eigenvalue weighted by molar-refractivity contribution is 0.101. The maximum atomic E-state index is 11.0. The van der Waals surface area contributed by atoms with Crippen LogP contribution in [0.15, 0.2) is 30.3 Å². The van der Waals surface area contributed by atoms with E-state index in [1.54, 1.807) is 6.92 Å². The lowest BCUT2D eigenvalue weighted by Gasteiger charge is -1.96. The van der Waals surface area contributed by atoms with Gasteiger partial charge in [0, 0.05) is 12.2 Å². The van der Waals surface area contributed by atoms with E-state index in [1.165, 1.54) is 0 Å². The Kier molecular flexibility index (Phi) is 4.78. The lowest BCUT2D eigenvalue weighted by Crippen LogP contribution is -1.90. The third kappa shape index (κ3) is 4.09. The number of aliphatic hydroxyl groups excluding tert-OH is 1. The van der Waals surface area contributed by atoms with Gasteiger partial charge in [-0.25, -0.2) is 0 Å². The number of rotatable bonds is 5. The summed E-state index contributed by atoms with van der Waals surface area (Å²) in [5, 5.41) is 8.59. The number of unbranched alkanes of at least 4 members (excludes halogenated alkanes) is 1. The molecule has 0 aromatic heterocycles. The van der Waals surface area contributed by atoms with Crippen LogP contribution in [0.3, 0.4) is 0 Å². The Bertz CT molecular complexity index is 336. The minimum absolute atomic E-state index is 0.0887. The number of Topliss-reactive ketones (excluding diaryl/α,β-unsaturated/α-hetero) is 1. The number of carbonyl (C=O) groups is 1. The van der Waals surface area contributed by atoms with Crippen molar-refractivity contribution in [2.45, 2.75) is 19.8 Å². The topological polar surface area (TPSA) is 37.3 Å². The molecule has 1 rings (SSSR count). The van der Waals surface area contributed by atoms with E-state index in [0.29, 0.717) is 0 Å². The fourth-order valence-corrected chi connectivity index (χ4v) is 1.26. The van der Waals surface area contributed by atoms with Gasteiger partial charge in [-0.3, -0.25) is 4.79 Å². The second-order valence-electron chi connectivity index (χ2n) is 3.45. The number of carbonyl (C=O) groups excluding carboxylic acids is 1. The number of allylic oxidation sites excluding steroid dienone is 1. The molecule has 0 atom stereocenters. The molecule has 0 saturated heterocycles. The van der Waals surface area contributed by atoms with Gasteiger partial charge >= 0.3 is 0 Å². The predicted octanol–water partition coefficient (Wildman–Crippen LogP) is 2.67. The van der Waals surface area contributed by atoms with E-state index in [1.807, 2.05) is 36.4 Å². The zero-order valence-corrected chi connectivity index (χ0v) is 8.94. The van der Waals surface area contributed by atoms with Crippen LogP contribution in [0.1, 0.15) is 35.7 Å². The van der Waals surface area contributed by atoms with Gasteiger partial charge in [0.2, 0.25) is 0 Å². The highest BCUT2D eigenvalue weighted by Gasteiger charge is 1.96. The predicted molar refractivity (Wildman–Crippen MR) is 61.8 cm³/mol. The van der Waals surface area contributed by atoms with E-state index >= 15 is 0 Å². The normalized spacial score (nSPS) is 10.8. The van der Waals surface area contributed by atoms with Crippen LogP contribution in [-0.2, 0) is 0 Å². The molecule has 15 heavy (non-hydrogen) atoms. The van der Waals surface area contributed by atoms with Crippen molar-refractivity contribution in [3.63, 3.8) is 0 Å². The Labute approximate surface area is 90.3 Å². The summed E-state index contributed by atoms with van der Waals surface area (Å²) in [6.45, 7) is 1.79. The van der Waals surface area contributed by atoms with E-state index in [0.717, 1.165) is 24.0 Å². The third-order valence-corrected chi connectivity index (χ3v) is 2.16. The van der Waals surface area contributed by atoms with E-state index in [-0.39, 0.29) is 12.4 Å². The highest BCUT2D eigenvalue weighted by atomic mass is 16.2. The molecule has 0 unspecified atom stereocenters. The third-order valence-electron chi connectivity index (χ3n) is 2.16. The van der Waals surface area contributed by atoms with Crippen molar-refractivity contribution in [2.75, 3.05) is 6.61 Å². The van der Waals surface area contributed by atoms with Crippen molar-refractivity contribution in [2.24, 2.45) is 0 Å². The highest BCUT2D eigenvalue weighted by Crippen LogP contribution is 2.07. The van der Waals surface area contributed by atoms with Crippen LogP contribution in [-0.4, -0.2) is 17.5 Å². The van der Waals surface area contributed by atoms with Crippen LogP contribution in [0.25, 0.3) is 6.08 Å². The van der Waals surface area contributed by atoms with E-state index < -0.39 is 0 Å². The van der Waals surface area contributed by atoms with Gasteiger partial charge in [-0.05, 0) is 25.3 Å². The SMILES string of the molecule is CC(=O)c1ccc(/C=C/CCCO)cc1. The fourth-order valence-electron chi connectivity index (χ4n) is 1.26. The average Bonchev–Trinajstić information content (AvgIpc) is 2.25. The zero-order valence-electron chi connectivity index (χ0n) is 8.94. The molecule has 0 aliphatic heterocycles. The Hall–Kier alpha value is -1.41. The largest absolute Gasteiger partial charge is 0.396 e. The first kappa shape index (κ1) is 11.7. The molecule has 1 aromatic rings. The zero-order chi connectivity index (χ0) is 11.1. The van der Waals surface area contributed by atoms with Crippen molar-refractivity contribution in [1.29, 1.82) is 0 Å². The van der Waals surface area contributed by atoms with Gasteiger partial charge < -0.3 is 5.11 Å². The number of aliphatic hydroxyl groups is 1. The maximum absolute atomic E-state index is 11.0. The maximum Gasteiger partial charge on any atom is 0.159 e. The summed E-state index contributed by atoms with van der Waals surface area (Å²) >= 11 is 0. The van der Waals surface area contributed by atoms with E-state index in [4.69, 9.17) is 5.11 Å². The highest BCUT2D eigenvalue weighted by molar-refractivity contribution is 5.94. The van der Waals surface area contributed by atoms with Gasteiger partial charge in [-0.1, -0.05) is 36.4 Å². The Morgan fingerprint density at radius 2 is 2.00 bits per heavy atom. The molecule has 80 valence electrons. The molecule has 0 bridgehead atoms. The Balaban J connectivity index is 2.56. The van der Waals surface area contributed by atoms with Gasteiger partial charge in [-0.15, -0.1) is 0 Å².